The topological polar surface area (TPSA) is 51.0 Å². The minimum absolute atomic E-state index is 0.513. The number of hydrogen-bond acceptors (Lipinski definition) is 4. The Bertz CT molecular complexity index is 541. The summed E-state index contributed by atoms with van der Waals surface area (Å²) in [7, 11) is 0. The van der Waals surface area contributed by atoms with E-state index < -0.39 is 0 Å². The van der Waals surface area contributed by atoms with E-state index in [2.05, 4.69) is 45.3 Å². The first-order valence-corrected chi connectivity index (χ1v) is 7.84. The lowest BCUT2D eigenvalue weighted by molar-refractivity contribution is 0.413. The Balaban J connectivity index is 2.01. The minimum atomic E-state index is 0.513. The molecule has 2 rings (SSSR count). The third-order valence-corrected chi connectivity index (χ3v) is 3.93. The quantitative estimate of drug-likeness (QED) is 0.823. The number of benzene rings is 1. The van der Waals surface area contributed by atoms with Gasteiger partial charge in [-0.15, -0.1) is 10.2 Å². The van der Waals surface area contributed by atoms with Crippen LogP contribution in [0.15, 0.2) is 33.2 Å². The van der Waals surface area contributed by atoms with Gasteiger partial charge >= 0.3 is 0 Å². The number of hydrogen-bond donors (Lipinski definition) is 1. The van der Waals surface area contributed by atoms with Crippen LogP contribution in [0.3, 0.4) is 0 Å². The zero-order valence-electron chi connectivity index (χ0n) is 11.9. The second kappa shape index (κ2) is 7.55. The maximum Gasteiger partial charge on any atom is 0.248 e. The predicted molar refractivity (Wildman–Crippen MR) is 83.3 cm³/mol. The van der Waals surface area contributed by atoms with Gasteiger partial charge in [0.15, 0.2) is 0 Å². The van der Waals surface area contributed by atoms with E-state index in [9.17, 15) is 0 Å². The van der Waals surface area contributed by atoms with Crippen molar-refractivity contribution < 1.29 is 4.42 Å². The molecule has 0 amide bonds. The Morgan fingerprint density at radius 1 is 1.25 bits per heavy atom. The molecular formula is C15H20BrN3O. The number of nitrogens with zero attached hydrogens (tertiary/aromatic N) is 2. The summed E-state index contributed by atoms with van der Waals surface area (Å²) in [6.07, 6.45) is 3.46. The molecule has 0 aliphatic heterocycles. The lowest BCUT2D eigenvalue weighted by atomic mass is 10.1. The summed E-state index contributed by atoms with van der Waals surface area (Å²) in [4.78, 5) is 0. The molecule has 108 valence electrons. The maximum absolute atomic E-state index is 5.71. The van der Waals surface area contributed by atoms with Crippen LogP contribution >= 0.6 is 15.9 Å². The number of nitrogens with one attached hydrogen (secondary N) is 1. The van der Waals surface area contributed by atoms with Crippen molar-refractivity contribution in [3.05, 3.63) is 34.6 Å². The highest BCUT2D eigenvalue weighted by Gasteiger charge is 2.12. The van der Waals surface area contributed by atoms with E-state index in [-0.39, 0.29) is 0 Å². The first-order valence-electron chi connectivity index (χ1n) is 7.05. The molecule has 0 aliphatic rings. The highest BCUT2D eigenvalue weighted by molar-refractivity contribution is 9.10. The van der Waals surface area contributed by atoms with Gasteiger partial charge in [0.05, 0.1) is 12.1 Å². The maximum atomic E-state index is 5.71. The monoisotopic (exact) mass is 337 g/mol. The van der Waals surface area contributed by atoms with Gasteiger partial charge in [-0.1, -0.05) is 32.4 Å². The van der Waals surface area contributed by atoms with Crippen molar-refractivity contribution in [1.82, 2.24) is 15.5 Å². The largest absolute Gasteiger partial charge is 0.419 e. The molecule has 4 nitrogen and oxygen atoms in total. The molecule has 0 saturated carbocycles. The van der Waals surface area contributed by atoms with Gasteiger partial charge in [0, 0.05) is 10.5 Å². The summed E-state index contributed by atoms with van der Waals surface area (Å²) in [5, 5.41) is 11.7. The van der Waals surface area contributed by atoms with E-state index in [1.165, 1.54) is 12.8 Å². The molecule has 20 heavy (non-hydrogen) atoms. The van der Waals surface area contributed by atoms with E-state index >= 15 is 0 Å². The van der Waals surface area contributed by atoms with Crippen molar-refractivity contribution in [2.45, 2.75) is 45.7 Å². The van der Waals surface area contributed by atoms with E-state index in [1.807, 2.05) is 24.3 Å². The third kappa shape index (κ3) is 3.90. The average molecular weight is 338 g/mol. The molecule has 1 aromatic carbocycles. The van der Waals surface area contributed by atoms with Crippen LogP contribution in [0.5, 0.6) is 0 Å². The van der Waals surface area contributed by atoms with Crippen LogP contribution in [-0.4, -0.2) is 16.2 Å². The van der Waals surface area contributed by atoms with E-state index in [4.69, 9.17) is 4.42 Å². The molecule has 2 aromatic rings. The van der Waals surface area contributed by atoms with Crippen LogP contribution in [0.25, 0.3) is 11.5 Å². The standard InChI is InChI=1S/C15H20BrN3O/c1-3-7-11(4-2)17-10-14-18-19-15(20-14)12-8-5-6-9-13(12)16/h5-6,8-9,11,17H,3-4,7,10H2,1-2H3. The second-order valence-corrected chi connectivity index (χ2v) is 5.61. The van der Waals surface area contributed by atoms with Crippen LogP contribution in [0, 0.1) is 0 Å². The Labute approximate surface area is 128 Å². The molecule has 0 spiro atoms. The molecule has 1 N–H and O–H groups in total. The van der Waals surface area contributed by atoms with Crippen LogP contribution in [-0.2, 0) is 6.54 Å². The summed E-state index contributed by atoms with van der Waals surface area (Å²) in [6.45, 7) is 5.01. The van der Waals surface area contributed by atoms with Crippen molar-refractivity contribution in [2.24, 2.45) is 0 Å². The Hall–Kier alpha value is -1.20. The Morgan fingerprint density at radius 2 is 2.05 bits per heavy atom. The molecule has 0 aliphatic carbocycles. The predicted octanol–water partition coefficient (Wildman–Crippen LogP) is 4.17. The highest BCUT2D eigenvalue weighted by atomic mass is 79.9. The fraction of sp³-hybridized carbons (Fsp3) is 0.467. The molecule has 1 heterocycles. The zero-order valence-corrected chi connectivity index (χ0v) is 13.5. The lowest BCUT2D eigenvalue weighted by Crippen LogP contribution is -2.27. The van der Waals surface area contributed by atoms with Crippen LogP contribution in [0.2, 0.25) is 0 Å². The molecule has 0 fully saturated rings. The summed E-state index contributed by atoms with van der Waals surface area (Å²) < 4.78 is 6.67. The van der Waals surface area contributed by atoms with Gasteiger partial charge in [-0.3, -0.25) is 0 Å². The van der Waals surface area contributed by atoms with Crippen molar-refractivity contribution in [1.29, 1.82) is 0 Å². The van der Waals surface area contributed by atoms with Crippen LogP contribution in [0.1, 0.15) is 39.0 Å². The van der Waals surface area contributed by atoms with Crippen molar-refractivity contribution in [3.8, 4) is 11.5 Å². The first kappa shape index (κ1) is 15.2. The van der Waals surface area contributed by atoms with Crippen LogP contribution < -0.4 is 5.32 Å². The summed E-state index contributed by atoms with van der Waals surface area (Å²) in [5.41, 5.74) is 0.923. The molecule has 1 unspecified atom stereocenters. The molecule has 0 bridgehead atoms. The Morgan fingerprint density at radius 3 is 2.75 bits per heavy atom. The summed E-state index contributed by atoms with van der Waals surface area (Å²) in [6, 6.07) is 8.35. The first-order chi connectivity index (χ1) is 9.74. The molecule has 1 aromatic heterocycles. The fourth-order valence-corrected chi connectivity index (χ4v) is 2.55. The molecular weight excluding hydrogens is 318 g/mol. The van der Waals surface area contributed by atoms with E-state index in [0.29, 0.717) is 24.4 Å². The van der Waals surface area contributed by atoms with Gasteiger partial charge in [-0.25, -0.2) is 0 Å². The van der Waals surface area contributed by atoms with Gasteiger partial charge in [-0.05, 0) is 40.9 Å². The van der Waals surface area contributed by atoms with E-state index in [1.54, 1.807) is 0 Å². The minimum Gasteiger partial charge on any atom is -0.419 e. The fourth-order valence-electron chi connectivity index (χ4n) is 2.10. The normalized spacial score (nSPS) is 12.6. The lowest BCUT2D eigenvalue weighted by Gasteiger charge is -2.13. The van der Waals surface area contributed by atoms with Gasteiger partial charge in [0.25, 0.3) is 0 Å². The molecule has 5 heteroatoms. The van der Waals surface area contributed by atoms with Gasteiger partial charge < -0.3 is 9.73 Å². The second-order valence-electron chi connectivity index (χ2n) is 4.76. The van der Waals surface area contributed by atoms with Crippen molar-refractivity contribution in [3.63, 3.8) is 0 Å². The molecule has 0 radical (unpaired) electrons. The molecule has 0 saturated heterocycles. The van der Waals surface area contributed by atoms with Gasteiger partial charge in [0.2, 0.25) is 11.8 Å². The summed E-state index contributed by atoms with van der Waals surface area (Å²) in [5.74, 6) is 1.18. The third-order valence-electron chi connectivity index (χ3n) is 3.24. The highest BCUT2D eigenvalue weighted by Crippen LogP contribution is 2.26. The summed E-state index contributed by atoms with van der Waals surface area (Å²) >= 11 is 3.49. The smallest absolute Gasteiger partial charge is 0.248 e. The van der Waals surface area contributed by atoms with Gasteiger partial charge in [-0.2, -0.15) is 0 Å². The number of halogens is 1. The SMILES string of the molecule is CCCC(CC)NCc1nnc(-c2ccccc2Br)o1. The average Bonchev–Trinajstić information content (AvgIpc) is 2.92. The number of aromatic nitrogens is 2. The van der Waals surface area contributed by atoms with Crippen molar-refractivity contribution in [2.75, 3.05) is 0 Å². The van der Waals surface area contributed by atoms with E-state index in [0.717, 1.165) is 16.5 Å². The molecule has 1 atom stereocenters. The van der Waals surface area contributed by atoms with Crippen LogP contribution in [0.4, 0.5) is 0 Å². The zero-order chi connectivity index (χ0) is 14.4. The van der Waals surface area contributed by atoms with Crippen molar-refractivity contribution >= 4 is 15.9 Å². The number of rotatable bonds is 7. The Kier molecular flexibility index (Phi) is 5.73. The van der Waals surface area contributed by atoms with Gasteiger partial charge in [0.1, 0.15) is 0 Å².